The van der Waals surface area contributed by atoms with Crippen LogP contribution in [0, 0.1) is 17.6 Å². The second-order valence-electron chi connectivity index (χ2n) is 5.26. The fourth-order valence-corrected chi connectivity index (χ4v) is 2.92. The first-order valence-corrected chi connectivity index (χ1v) is 6.44. The molecule has 0 saturated carbocycles. The van der Waals surface area contributed by atoms with Gasteiger partial charge in [-0.25, -0.2) is 8.78 Å². The largest absolute Gasteiger partial charge is 0.330 e. The van der Waals surface area contributed by atoms with E-state index in [1.807, 2.05) is 0 Å². The van der Waals surface area contributed by atoms with Crippen molar-refractivity contribution in [1.82, 2.24) is 4.90 Å². The number of hydrogen-bond acceptors (Lipinski definition) is 2. The summed E-state index contributed by atoms with van der Waals surface area (Å²) >= 11 is 0. The normalized spacial score (nSPS) is 25.0. The zero-order valence-electron chi connectivity index (χ0n) is 10.9. The molecule has 4 heteroatoms. The molecule has 2 atom stereocenters. The van der Waals surface area contributed by atoms with E-state index in [1.165, 1.54) is 12.1 Å². The van der Waals surface area contributed by atoms with E-state index in [1.54, 1.807) is 0 Å². The minimum absolute atomic E-state index is 0.0280. The van der Waals surface area contributed by atoms with Gasteiger partial charge in [-0.1, -0.05) is 0 Å². The van der Waals surface area contributed by atoms with Gasteiger partial charge in [0.25, 0.3) is 0 Å². The van der Waals surface area contributed by atoms with Crippen molar-refractivity contribution in [3.8, 4) is 0 Å². The molecule has 2 rings (SSSR count). The van der Waals surface area contributed by atoms with Gasteiger partial charge in [0, 0.05) is 18.2 Å². The molecule has 1 aliphatic rings. The number of rotatable bonds is 3. The molecule has 1 aromatic rings. The lowest BCUT2D eigenvalue weighted by Gasteiger charge is -2.31. The quantitative estimate of drug-likeness (QED) is 0.898. The van der Waals surface area contributed by atoms with Gasteiger partial charge in [-0.15, -0.1) is 0 Å². The molecule has 0 amide bonds. The minimum Gasteiger partial charge on any atom is -0.330 e. The van der Waals surface area contributed by atoms with Crippen LogP contribution in [0.25, 0.3) is 0 Å². The summed E-state index contributed by atoms with van der Waals surface area (Å²) in [7, 11) is 0. The smallest absolute Gasteiger partial charge is 0.126 e. The lowest BCUT2D eigenvalue weighted by molar-refractivity contribution is 0.184. The van der Waals surface area contributed by atoms with Crippen LogP contribution in [0.4, 0.5) is 8.78 Å². The molecule has 2 N–H and O–H groups in total. The van der Waals surface area contributed by atoms with Crippen molar-refractivity contribution in [3.05, 3.63) is 35.4 Å². The number of halogens is 2. The first kappa shape index (κ1) is 13.4. The summed E-state index contributed by atoms with van der Waals surface area (Å²) in [5, 5.41) is 0. The fourth-order valence-electron chi connectivity index (χ4n) is 2.92. The molecule has 1 fully saturated rings. The number of nitrogens with zero attached hydrogens (tertiary/aromatic N) is 1. The molecule has 1 aliphatic heterocycles. The third-order valence-electron chi connectivity index (χ3n) is 3.75. The third kappa shape index (κ3) is 2.54. The summed E-state index contributed by atoms with van der Waals surface area (Å²) in [6.45, 7) is 5.68. The molecule has 2 nitrogen and oxygen atoms in total. The Bertz CT molecular complexity index is 400. The Morgan fingerprint density at radius 3 is 2.39 bits per heavy atom. The maximum absolute atomic E-state index is 13.4. The summed E-state index contributed by atoms with van der Waals surface area (Å²) in [6, 6.07) is 4.14. The lowest BCUT2D eigenvalue weighted by atomic mass is 9.93. The van der Waals surface area contributed by atoms with E-state index >= 15 is 0 Å². The molecule has 100 valence electrons. The standard InChI is InChI=1S/C14H20F2N2/c1-9(2)18-4-3-10(8-17)14(18)11-5-12(15)7-13(16)6-11/h5-7,9-10,14H,3-4,8,17H2,1-2H3. The summed E-state index contributed by atoms with van der Waals surface area (Å²) in [5.41, 5.74) is 6.49. The Balaban J connectivity index is 2.37. The highest BCUT2D eigenvalue weighted by molar-refractivity contribution is 5.23. The number of benzene rings is 1. The van der Waals surface area contributed by atoms with Crippen LogP contribution in [0.15, 0.2) is 18.2 Å². The monoisotopic (exact) mass is 254 g/mol. The molecule has 0 aliphatic carbocycles. The van der Waals surface area contributed by atoms with Crippen molar-refractivity contribution < 1.29 is 8.78 Å². The van der Waals surface area contributed by atoms with E-state index in [-0.39, 0.29) is 12.0 Å². The van der Waals surface area contributed by atoms with Gasteiger partial charge < -0.3 is 5.73 Å². The fraction of sp³-hybridized carbons (Fsp3) is 0.571. The summed E-state index contributed by atoms with van der Waals surface area (Å²) < 4.78 is 26.7. The highest BCUT2D eigenvalue weighted by atomic mass is 19.1. The van der Waals surface area contributed by atoms with Gasteiger partial charge in [0.2, 0.25) is 0 Å². The van der Waals surface area contributed by atoms with E-state index in [9.17, 15) is 8.78 Å². The molecule has 0 bridgehead atoms. The van der Waals surface area contributed by atoms with Crippen LogP contribution in [0.2, 0.25) is 0 Å². The van der Waals surface area contributed by atoms with Crippen LogP contribution in [-0.2, 0) is 0 Å². The van der Waals surface area contributed by atoms with Gasteiger partial charge >= 0.3 is 0 Å². The van der Waals surface area contributed by atoms with Crippen LogP contribution < -0.4 is 5.73 Å². The molecule has 0 spiro atoms. The number of likely N-dealkylation sites (tertiary alicyclic amines) is 1. The van der Waals surface area contributed by atoms with E-state index in [2.05, 4.69) is 18.7 Å². The van der Waals surface area contributed by atoms with Crippen LogP contribution in [0.3, 0.4) is 0 Å². The van der Waals surface area contributed by atoms with Crippen molar-refractivity contribution in [1.29, 1.82) is 0 Å². The van der Waals surface area contributed by atoms with Crippen LogP contribution in [0.1, 0.15) is 31.9 Å². The summed E-state index contributed by atoms with van der Waals surface area (Å²) in [4.78, 5) is 2.27. The maximum Gasteiger partial charge on any atom is 0.126 e. The highest BCUT2D eigenvalue weighted by Crippen LogP contribution is 2.38. The third-order valence-corrected chi connectivity index (χ3v) is 3.75. The number of nitrogens with two attached hydrogens (primary N) is 1. The first-order valence-electron chi connectivity index (χ1n) is 6.44. The van der Waals surface area contributed by atoms with Crippen molar-refractivity contribution in [2.45, 2.75) is 32.4 Å². The molecule has 1 heterocycles. The van der Waals surface area contributed by atoms with Crippen molar-refractivity contribution in [2.75, 3.05) is 13.1 Å². The minimum atomic E-state index is -0.517. The highest BCUT2D eigenvalue weighted by Gasteiger charge is 2.36. The molecular formula is C14H20F2N2. The zero-order chi connectivity index (χ0) is 13.3. The van der Waals surface area contributed by atoms with Crippen molar-refractivity contribution >= 4 is 0 Å². The molecule has 1 aromatic carbocycles. The van der Waals surface area contributed by atoms with E-state index in [0.717, 1.165) is 19.0 Å². The number of hydrogen-bond donors (Lipinski definition) is 1. The van der Waals surface area contributed by atoms with Gasteiger partial charge in [0.15, 0.2) is 0 Å². The summed E-state index contributed by atoms with van der Waals surface area (Å²) in [5.74, 6) is -0.763. The Labute approximate surface area is 107 Å². The van der Waals surface area contributed by atoms with Gasteiger partial charge in [0.1, 0.15) is 11.6 Å². The van der Waals surface area contributed by atoms with E-state index in [0.29, 0.717) is 18.2 Å². The first-order chi connectivity index (χ1) is 8.52. The zero-order valence-corrected chi connectivity index (χ0v) is 10.9. The summed E-state index contributed by atoms with van der Waals surface area (Å²) in [6.07, 6.45) is 0.984. The average Bonchev–Trinajstić information content (AvgIpc) is 2.71. The Morgan fingerprint density at radius 2 is 1.89 bits per heavy atom. The molecule has 0 aromatic heterocycles. The van der Waals surface area contributed by atoms with Gasteiger partial charge in [-0.3, -0.25) is 4.90 Å². The Hall–Kier alpha value is -1.00. The van der Waals surface area contributed by atoms with Crippen LogP contribution in [0.5, 0.6) is 0 Å². The Morgan fingerprint density at radius 1 is 1.28 bits per heavy atom. The Kier molecular flexibility index (Phi) is 3.97. The SMILES string of the molecule is CC(C)N1CCC(CN)C1c1cc(F)cc(F)c1. The van der Waals surface area contributed by atoms with Gasteiger partial charge in [-0.2, -0.15) is 0 Å². The average molecular weight is 254 g/mol. The lowest BCUT2D eigenvalue weighted by Crippen LogP contribution is -2.33. The second kappa shape index (κ2) is 5.33. The second-order valence-corrected chi connectivity index (χ2v) is 5.26. The predicted octanol–water partition coefficient (Wildman–Crippen LogP) is 2.69. The molecule has 1 saturated heterocycles. The molecule has 2 unspecified atom stereocenters. The maximum atomic E-state index is 13.4. The van der Waals surface area contributed by atoms with Gasteiger partial charge in [0.05, 0.1) is 0 Å². The van der Waals surface area contributed by atoms with Crippen molar-refractivity contribution in [2.24, 2.45) is 11.7 Å². The molecular weight excluding hydrogens is 234 g/mol. The molecule has 0 radical (unpaired) electrons. The van der Waals surface area contributed by atoms with Crippen molar-refractivity contribution in [3.63, 3.8) is 0 Å². The molecule has 18 heavy (non-hydrogen) atoms. The predicted molar refractivity (Wildman–Crippen MR) is 68.1 cm³/mol. The van der Waals surface area contributed by atoms with Crippen LogP contribution in [-0.4, -0.2) is 24.0 Å². The van der Waals surface area contributed by atoms with Crippen LogP contribution >= 0.6 is 0 Å². The van der Waals surface area contributed by atoms with Gasteiger partial charge in [-0.05, 0) is 57.0 Å². The van der Waals surface area contributed by atoms with E-state index < -0.39 is 11.6 Å². The topological polar surface area (TPSA) is 29.3 Å². The van der Waals surface area contributed by atoms with E-state index in [4.69, 9.17) is 5.73 Å².